The van der Waals surface area contributed by atoms with Crippen molar-refractivity contribution in [2.24, 2.45) is 5.84 Å². The van der Waals surface area contributed by atoms with E-state index in [1.807, 2.05) is 0 Å². The lowest BCUT2D eigenvalue weighted by Gasteiger charge is -2.24. The molecule has 96 valence electrons. The van der Waals surface area contributed by atoms with Gasteiger partial charge in [-0.3, -0.25) is 11.3 Å². The summed E-state index contributed by atoms with van der Waals surface area (Å²) in [6.45, 7) is 3.95. The van der Waals surface area contributed by atoms with Crippen LogP contribution in [0.2, 0.25) is 0 Å². The van der Waals surface area contributed by atoms with E-state index in [1.165, 1.54) is 12.1 Å². The second-order valence-corrected chi connectivity index (χ2v) is 4.42. The van der Waals surface area contributed by atoms with Crippen molar-refractivity contribution in [2.75, 3.05) is 6.61 Å². The van der Waals surface area contributed by atoms with Crippen molar-refractivity contribution in [2.45, 2.75) is 26.0 Å². The molecule has 2 atom stereocenters. The molecular formula is C11H15BrF2N2O. The third kappa shape index (κ3) is 3.22. The van der Waals surface area contributed by atoms with Crippen molar-refractivity contribution < 1.29 is 13.5 Å². The number of hydrazine groups is 1. The molecule has 1 rings (SSSR count). The molecule has 0 saturated heterocycles. The van der Waals surface area contributed by atoms with Crippen molar-refractivity contribution in [3.05, 3.63) is 33.8 Å². The average molecular weight is 309 g/mol. The number of hydrogen-bond acceptors (Lipinski definition) is 3. The maximum atomic E-state index is 13.9. The molecule has 0 aliphatic rings. The number of nitrogens with two attached hydrogens (primary N) is 1. The lowest BCUT2D eigenvalue weighted by atomic mass is 10.0. The van der Waals surface area contributed by atoms with Crippen LogP contribution in [0, 0.1) is 11.6 Å². The van der Waals surface area contributed by atoms with Gasteiger partial charge in [0.25, 0.3) is 0 Å². The van der Waals surface area contributed by atoms with Gasteiger partial charge in [-0.25, -0.2) is 8.78 Å². The molecule has 0 fully saturated rings. The predicted molar refractivity (Wildman–Crippen MR) is 65.2 cm³/mol. The van der Waals surface area contributed by atoms with Crippen LogP contribution in [0.1, 0.15) is 25.5 Å². The highest BCUT2D eigenvalue weighted by Gasteiger charge is 2.26. The molecule has 0 saturated carbocycles. The topological polar surface area (TPSA) is 47.3 Å². The number of ether oxygens (including phenoxy) is 1. The van der Waals surface area contributed by atoms with Crippen LogP contribution in [0.4, 0.5) is 8.78 Å². The van der Waals surface area contributed by atoms with E-state index in [-0.39, 0.29) is 10.0 Å². The molecule has 1 aromatic rings. The molecule has 0 aliphatic carbocycles. The number of rotatable bonds is 5. The molecule has 0 spiro atoms. The second kappa shape index (κ2) is 6.39. The van der Waals surface area contributed by atoms with Crippen LogP contribution in [0.3, 0.4) is 0 Å². The summed E-state index contributed by atoms with van der Waals surface area (Å²) in [6.07, 6.45) is -0.441. The van der Waals surface area contributed by atoms with Crippen LogP contribution >= 0.6 is 15.9 Å². The lowest BCUT2D eigenvalue weighted by molar-refractivity contribution is 0.0452. The van der Waals surface area contributed by atoms with E-state index in [2.05, 4.69) is 21.4 Å². The van der Waals surface area contributed by atoms with Crippen molar-refractivity contribution in [3.8, 4) is 0 Å². The van der Waals surface area contributed by atoms with Gasteiger partial charge >= 0.3 is 0 Å². The molecule has 0 bridgehead atoms. The maximum Gasteiger partial charge on any atom is 0.145 e. The summed E-state index contributed by atoms with van der Waals surface area (Å²) < 4.78 is 33.0. The summed E-state index contributed by atoms with van der Waals surface area (Å²) in [4.78, 5) is 0. The van der Waals surface area contributed by atoms with E-state index in [0.29, 0.717) is 6.61 Å². The fourth-order valence-electron chi connectivity index (χ4n) is 1.64. The molecule has 17 heavy (non-hydrogen) atoms. The monoisotopic (exact) mass is 308 g/mol. The molecule has 6 heteroatoms. The molecular weight excluding hydrogens is 294 g/mol. The van der Waals surface area contributed by atoms with Gasteiger partial charge in [0.1, 0.15) is 11.6 Å². The minimum atomic E-state index is -0.743. The van der Waals surface area contributed by atoms with Gasteiger partial charge in [-0.2, -0.15) is 0 Å². The highest BCUT2D eigenvalue weighted by atomic mass is 79.9. The number of hydrogen-bond donors (Lipinski definition) is 2. The molecule has 0 radical (unpaired) electrons. The van der Waals surface area contributed by atoms with E-state index in [9.17, 15) is 8.78 Å². The van der Waals surface area contributed by atoms with Gasteiger partial charge in [0.05, 0.1) is 16.6 Å². The molecule has 3 N–H and O–H groups in total. The molecule has 0 aromatic heterocycles. The summed E-state index contributed by atoms with van der Waals surface area (Å²) in [5.74, 6) is 4.03. The molecule has 3 nitrogen and oxygen atoms in total. The van der Waals surface area contributed by atoms with Crippen LogP contribution < -0.4 is 11.3 Å². The first-order chi connectivity index (χ1) is 8.02. The number of nitrogens with one attached hydrogen (secondary N) is 1. The van der Waals surface area contributed by atoms with Gasteiger partial charge in [0.15, 0.2) is 0 Å². The number of benzene rings is 1. The van der Waals surface area contributed by atoms with Crippen LogP contribution in [-0.2, 0) is 4.74 Å². The van der Waals surface area contributed by atoms with Gasteiger partial charge in [0.2, 0.25) is 0 Å². The Balaban J connectivity index is 3.15. The normalized spacial score (nSPS) is 14.7. The maximum absolute atomic E-state index is 13.9. The van der Waals surface area contributed by atoms with Gasteiger partial charge in [-0.15, -0.1) is 0 Å². The van der Waals surface area contributed by atoms with Crippen molar-refractivity contribution >= 4 is 15.9 Å². The van der Waals surface area contributed by atoms with Gasteiger partial charge in [-0.1, -0.05) is 0 Å². The quantitative estimate of drug-likeness (QED) is 0.499. The van der Waals surface area contributed by atoms with Gasteiger partial charge in [0, 0.05) is 12.2 Å². The van der Waals surface area contributed by atoms with Crippen LogP contribution in [0.5, 0.6) is 0 Å². The zero-order valence-electron chi connectivity index (χ0n) is 9.64. The highest BCUT2D eigenvalue weighted by Crippen LogP contribution is 2.29. The van der Waals surface area contributed by atoms with E-state index >= 15 is 0 Å². The van der Waals surface area contributed by atoms with Gasteiger partial charge < -0.3 is 4.74 Å². The first kappa shape index (κ1) is 14.5. The Morgan fingerprint density at radius 3 is 2.65 bits per heavy atom. The zero-order valence-corrected chi connectivity index (χ0v) is 11.2. The Bertz CT molecular complexity index is 390. The SMILES string of the molecule is CCOC(C)C(NN)c1c(F)ccc(Br)c1F. The van der Waals surface area contributed by atoms with Crippen molar-refractivity contribution in [1.29, 1.82) is 0 Å². The Morgan fingerprint density at radius 1 is 1.47 bits per heavy atom. The first-order valence-corrected chi connectivity index (χ1v) is 6.03. The third-order valence-electron chi connectivity index (χ3n) is 2.47. The van der Waals surface area contributed by atoms with Crippen LogP contribution in [0.25, 0.3) is 0 Å². The van der Waals surface area contributed by atoms with E-state index < -0.39 is 23.8 Å². The van der Waals surface area contributed by atoms with Crippen LogP contribution in [0.15, 0.2) is 16.6 Å². The van der Waals surface area contributed by atoms with Crippen molar-refractivity contribution in [3.63, 3.8) is 0 Å². The summed E-state index contributed by atoms with van der Waals surface area (Å²) >= 11 is 3.01. The zero-order chi connectivity index (χ0) is 13.0. The lowest BCUT2D eigenvalue weighted by Crippen LogP contribution is -2.37. The predicted octanol–water partition coefficient (Wildman–Crippen LogP) is 2.66. The summed E-state index contributed by atoms with van der Waals surface area (Å²) in [7, 11) is 0. The van der Waals surface area contributed by atoms with Crippen LogP contribution in [-0.4, -0.2) is 12.7 Å². The molecule has 0 heterocycles. The van der Waals surface area contributed by atoms with E-state index in [0.717, 1.165) is 0 Å². The fraction of sp³-hybridized carbons (Fsp3) is 0.455. The van der Waals surface area contributed by atoms with E-state index in [1.54, 1.807) is 13.8 Å². The Morgan fingerprint density at radius 2 is 2.12 bits per heavy atom. The standard InChI is InChI=1S/C11H15BrF2N2O/c1-3-17-6(2)11(16-15)9-8(13)5-4-7(12)10(9)14/h4-6,11,16H,3,15H2,1-2H3. The minimum absolute atomic E-state index is 0.122. The second-order valence-electron chi connectivity index (χ2n) is 3.56. The minimum Gasteiger partial charge on any atom is -0.377 e. The molecule has 0 amide bonds. The summed E-state index contributed by atoms with van der Waals surface area (Å²) in [5.41, 5.74) is 2.26. The fourth-order valence-corrected chi connectivity index (χ4v) is 1.99. The van der Waals surface area contributed by atoms with Gasteiger partial charge in [-0.05, 0) is 41.9 Å². The summed E-state index contributed by atoms with van der Waals surface area (Å²) in [6, 6.07) is 1.76. The highest BCUT2D eigenvalue weighted by molar-refractivity contribution is 9.10. The van der Waals surface area contributed by atoms with E-state index in [4.69, 9.17) is 10.6 Å². The Labute approximate surface area is 107 Å². The molecule has 2 unspecified atom stereocenters. The third-order valence-corrected chi connectivity index (χ3v) is 3.08. The Hall–Kier alpha value is -0.560. The van der Waals surface area contributed by atoms with Crippen molar-refractivity contribution in [1.82, 2.24) is 5.43 Å². The average Bonchev–Trinajstić information content (AvgIpc) is 2.30. The molecule has 0 aliphatic heterocycles. The number of halogens is 3. The Kier molecular flexibility index (Phi) is 5.45. The largest absolute Gasteiger partial charge is 0.377 e. The smallest absolute Gasteiger partial charge is 0.145 e. The summed E-state index contributed by atoms with van der Waals surface area (Å²) in [5, 5.41) is 0. The first-order valence-electron chi connectivity index (χ1n) is 5.24. The molecule has 1 aromatic carbocycles.